The summed E-state index contributed by atoms with van der Waals surface area (Å²) in [6.07, 6.45) is 1.83. The Kier molecular flexibility index (Phi) is 6.10. The van der Waals surface area contributed by atoms with E-state index in [9.17, 15) is 9.59 Å². The first-order chi connectivity index (χ1) is 15.4. The van der Waals surface area contributed by atoms with Crippen LogP contribution in [0.3, 0.4) is 0 Å². The first-order valence-electron chi connectivity index (χ1n) is 10.3. The molecule has 0 N–H and O–H groups in total. The van der Waals surface area contributed by atoms with Crippen molar-refractivity contribution in [1.82, 2.24) is 4.57 Å². The highest BCUT2D eigenvalue weighted by Crippen LogP contribution is 2.30. The Morgan fingerprint density at radius 1 is 1.12 bits per heavy atom. The SMILES string of the molecule is CCOC(=O)C1=C(C)N=c2sc(=Cc3ccc(OC)cc3)c(=O)n2C1c1ccc(C)cc1. The van der Waals surface area contributed by atoms with Crippen molar-refractivity contribution in [2.45, 2.75) is 26.8 Å². The standard InChI is InChI=1S/C25H24N2O4S/c1-5-31-24(29)21-16(3)26-25-27(22(21)18-10-6-15(2)7-11-18)23(28)20(32-25)14-17-8-12-19(30-4)13-9-17/h6-14,22H,5H2,1-4H3. The number of carbonyl (C=O) groups excluding carboxylic acids is 1. The number of benzene rings is 2. The summed E-state index contributed by atoms with van der Waals surface area (Å²) in [5.74, 6) is 0.293. The fourth-order valence-corrected chi connectivity index (χ4v) is 4.75. The molecule has 0 fully saturated rings. The summed E-state index contributed by atoms with van der Waals surface area (Å²) in [6.45, 7) is 5.79. The maximum absolute atomic E-state index is 13.5. The van der Waals surface area contributed by atoms with Crippen LogP contribution in [0.1, 0.15) is 36.6 Å². The molecule has 2 aromatic carbocycles. The molecule has 0 saturated carbocycles. The van der Waals surface area contributed by atoms with E-state index in [4.69, 9.17) is 9.47 Å². The molecular weight excluding hydrogens is 424 g/mol. The average Bonchev–Trinajstić information content (AvgIpc) is 3.08. The van der Waals surface area contributed by atoms with Crippen LogP contribution in [0.15, 0.2) is 69.6 Å². The van der Waals surface area contributed by atoms with Gasteiger partial charge < -0.3 is 9.47 Å². The van der Waals surface area contributed by atoms with Gasteiger partial charge in [-0.25, -0.2) is 9.79 Å². The second-order valence-electron chi connectivity index (χ2n) is 7.49. The maximum atomic E-state index is 13.5. The van der Waals surface area contributed by atoms with Crippen molar-refractivity contribution in [2.75, 3.05) is 13.7 Å². The molecule has 0 bridgehead atoms. The predicted octanol–water partition coefficient (Wildman–Crippen LogP) is 3.12. The third-order valence-electron chi connectivity index (χ3n) is 5.32. The molecule has 0 spiro atoms. The lowest BCUT2D eigenvalue weighted by Crippen LogP contribution is -2.39. The Morgan fingerprint density at radius 2 is 1.81 bits per heavy atom. The maximum Gasteiger partial charge on any atom is 0.338 e. The largest absolute Gasteiger partial charge is 0.497 e. The van der Waals surface area contributed by atoms with Crippen LogP contribution in [0, 0.1) is 6.92 Å². The van der Waals surface area contributed by atoms with Crippen LogP contribution < -0.4 is 19.6 Å². The smallest absolute Gasteiger partial charge is 0.338 e. The van der Waals surface area contributed by atoms with Gasteiger partial charge in [-0.2, -0.15) is 0 Å². The van der Waals surface area contributed by atoms with Crippen LogP contribution >= 0.6 is 11.3 Å². The molecule has 1 aliphatic rings. The Hall–Kier alpha value is -3.45. The summed E-state index contributed by atoms with van der Waals surface area (Å²) in [4.78, 5) is 31.5. The van der Waals surface area contributed by atoms with Crippen LogP contribution in [0.25, 0.3) is 6.08 Å². The van der Waals surface area contributed by atoms with Crippen LogP contribution in [0.4, 0.5) is 0 Å². The molecule has 0 amide bonds. The molecule has 2 heterocycles. The van der Waals surface area contributed by atoms with Crippen molar-refractivity contribution < 1.29 is 14.3 Å². The molecule has 7 heteroatoms. The molecule has 0 aliphatic carbocycles. The molecular formula is C25H24N2O4S. The zero-order chi connectivity index (χ0) is 22.8. The highest BCUT2D eigenvalue weighted by molar-refractivity contribution is 7.07. The fourth-order valence-electron chi connectivity index (χ4n) is 3.71. The minimum Gasteiger partial charge on any atom is -0.497 e. The topological polar surface area (TPSA) is 69.9 Å². The first kappa shape index (κ1) is 21.8. The van der Waals surface area contributed by atoms with Crippen LogP contribution in [0.2, 0.25) is 0 Å². The molecule has 32 heavy (non-hydrogen) atoms. The normalized spacial score (nSPS) is 15.9. The number of esters is 1. The van der Waals surface area contributed by atoms with Crippen molar-refractivity contribution in [2.24, 2.45) is 4.99 Å². The van der Waals surface area contributed by atoms with Crippen molar-refractivity contribution in [1.29, 1.82) is 0 Å². The number of hydrogen-bond donors (Lipinski definition) is 0. The van der Waals surface area contributed by atoms with Crippen LogP contribution in [-0.2, 0) is 9.53 Å². The van der Waals surface area contributed by atoms with E-state index < -0.39 is 12.0 Å². The second kappa shape index (κ2) is 8.96. The minimum absolute atomic E-state index is 0.190. The number of hydrogen-bond acceptors (Lipinski definition) is 6. The fraction of sp³-hybridized carbons (Fsp3) is 0.240. The van der Waals surface area contributed by atoms with E-state index in [1.165, 1.54) is 11.3 Å². The summed E-state index contributed by atoms with van der Waals surface area (Å²) in [7, 11) is 1.61. The highest BCUT2D eigenvalue weighted by atomic mass is 32.1. The zero-order valence-corrected chi connectivity index (χ0v) is 19.2. The van der Waals surface area contributed by atoms with E-state index in [-0.39, 0.29) is 12.2 Å². The Labute approximate surface area is 189 Å². The van der Waals surface area contributed by atoms with Gasteiger partial charge in [0.05, 0.1) is 35.6 Å². The number of methoxy groups -OCH3 is 1. The van der Waals surface area contributed by atoms with Gasteiger partial charge in [0, 0.05) is 0 Å². The number of rotatable bonds is 5. The van der Waals surface area contributed by atoms with E-state index in [0.717, 1.165) is 22.4 Å². The predicted molar refractivity (Wildman–Crippen MR) is 125 cm³/mol. The number of ether oxygens (including phenoxy) is 2. The third kappa shape index (κ3) is 4.03. The molecule has 0 saturated heterocycles. The molecule has 0 radical (unpaired) electrons. The molecule has 164 valence electrons. The number of aromatic nitrogens is 1. The van der Waals surface area contributed by atoms with E-state index >= 15 is 0 Å². The Bertz CT molecular complexity index is 1360. The van der Waals surface area contributed by atoms with Gasteiger partial charge in [-0.3, -0.25) is 9.36 Å². The molecule has 1 atom stereocenters. The number of thiazole rings is 1. The molecule has 1 aromatic heterocycles. The quantitative estimate of drug-likeness (QED) is 0.563. The number of fused-ring (bicyclic) bond motifs is 1. The van der Waals surface area contributed by atoms with Crippen molar-refractivity contribution in [3.8, 4) is 5.75 Å². The summed E-state index contributed by atoms with van der Waals surface area (Å²) in [5.41, 5.74) is 3.57. The molecule has 1 unspecified atom stereocenters. The highest BCUT2D eigenvalue weighted by Gasteiger charge is 2.33. The third-order valence-corrected chi connectivity index (χ3v) is 6.31. The molecule has 6 nitrogen and oxygen atoms in total. The van der Waals surface area contributed by atoms with Crippen LogP contribution in [0.5, 0.6) is 5.75 Å². The number of aryl methyl sites for hydroxylation is 1. The van der Waals surface area contributed by atoms with Gasteiger partial charge in [0.2, 0.25) is 0 Å². The number of allylic oxidation sites excluding steroid dienone is 1. The summed E-state index contributed by atoms with van der Waals surface area (Å²) in [6, 6.07) is 14.7. The van der Waals surface area contributed by atoms with E-state index in [1.54, 1.807) is 25.5 Å². The second-order valence-corrected chi connectivity index (χ2v) is 8.50. The molecule has 1 aliphatic heterocycles. The lowest BCUT2D eigenvalue weighted by molar-refractivity contribution is -0.139. The van der Waals surface area contributed by atoms with Gasteiger partial charge in [-0.1, -0.05) is 53.3 Å². The van der Waals surface area contributed by atoms with Gasteiger partial charge >= 0.3 is 5.97 Å². The lowest BCUT2D eigenvalue weighted by atomic mass is 9.95. The number of nitrogens with zero attached hydrogens (tertiary/aromatic N) is 2. The Morgan fingerprint density at radius 3 is 2.44 bits per heavy atom. The van der Waals surface area contributed by atoms with Gasteiger partial charge in [-0.05, 0) is 50.1 Å². The van der Waals surface area contributed by atoms with E-state index in [1.807, 2.05) is 61.5 Å². The zero-order valence-electron chi connectivity index (χ0n) is 18.4. The van der Waals surface area contributed by atoms with Crippen molar-refractivity contribution in [3.63, 3.8) is 0 Å². The first-order valence-corrected chi connectivity index (χ1v) is 11.1. The van der Waals surface area contributed by atoms with Crippen molar-refractivity contribution in [3.05, 3.63) is 96.2 Å². The molecule has 4 rings (SSSR count). The van der Waals surface area contributed by atoms with Gasteiger partial charge in [-0.15, -0.1) is 0 Å². The lowest BCUT2D eigenvalue weighted by Gasteiger charge is -2.24. The molecule has 3 aromatic rings. The van der Waals surface area contributed by atoms with Gasteiger partial charge in [0.15, 0.2) is 4.80 Å². The van der Waals surface area contributed by atoms with Crippen molar-refractivity contribution >= 4 is 23.4 Å². The summed E-state index contributed by atoms with van der Waals surface area (Å²) in [5, 5.41) is 0. The number of carbonyl (C=O) groups is 1. The van der Waals surface area contributed by atoms with Gasteiger partial charge in [0.1, 0.15) is 5.75 Å². The monoisotopic (exact) mass is 448 g/mol. The average molecular weight is 449 g/mol. The Balaban J connectivity index is 1.92. The van der Waals surface area contributed by atoms with Crippen LogP contribution in [-0.4, -0.2) is 24.3 Å². The van der Waals surface area contributed by atoms with E-state index in [2.05, 4.69) is 4.99 Å². The summed E-state index contributed by atoms with van der Waals surface area (Å²) >= 11 is 1.31. The van der Waals surface area contributed by atoms with E-state index in [0.29, 0.717) is 20.6 Å². The minimum atomic E-state index is -0.594. The van der Waals surface area contributed by atoms with Gasteiger partial charge in [0.25, 0.3) is 5.56 Å². The summed E-state index contributed by atoms with van der Waals surface area (Å²) < 4.78 is 12.7.